The molecule has 1 atom stereocenters. The molecule has 0 aliphatic carbocycles. The Balaban J connectivity index is 2.14. The second kappa shape index (κ2) is 5.83. The van der Waals surface area contributed by atoms with Gasteiger partial charge in [-0.2, -0.15) is 0 Å². The molecule has 1 aromatic carbocycles. The highest BCUT2D eigenvalue weighted by molar-refractivity contribution is 6.18. The van der Waals surface area contributed by atoms with Gasteiger partial charge in [0.15, 0.2) is 0 Å². The first-order valence-corrected chi connectivity index (χ1v) is 6.80. The summed E-state index contributed by atoms with van der Waals surface area (Å²) in [5.74, 6) is 1.09. The van der Waals surface area contributed by atoms with Crippen molar-refractivity contribution in [3.05, 3.63) is 35.6 Å². The van der Waals surface area contributed by atoms with Crippen molar-refractivity contribution in [2.24, 2.45) is 5.92 Å². The lowest BCUT2D eigenvalue weighted by Gasteiger charge is -2.36. The van der Waals surface area contributed by atoms with Crippen molar-refractivity contribution in [1.29, 1.82) is 0 Å². The third-order valence-electron chi connectivity index (χ3n) is 3.67. The van der Waals surface area contributed by atoms with Gasteiger partial charge in [0.1, 0.15) is 5.82 Å². The quantitative estimate of drug-likeness (QED) is 0.742. The average Bonchev–Trinajstić information content (AvgIpc) is 2.35. The molecule has 0 aromatic heterocycles. The summed E-state index contributed by atoms with van der Waals surface area (Å²) in [6.07, 6.45) is 2.36. The van der Waals surface area contributed by atoms with E-state index in [4.69, 9.17) is 11.6 Å². The topological polar surface area (TPSA) is 3.24 Å². The predicted octanol–water partition coefficient (Wildman–Crippen LogP) is 3.84. The molecule has 0 bridgehead atoms. The van der Waals surface area contributed by atoms with Gasteiger partial charge in [0.05, 0.1) is 6.04 Å². The Bertz CT molecular complexity index is 361. The van der Waals surface area contributed by atoms with Crippen molar-refractivity contribution >= 4 is 11.6 Å². The van der Waals surface area contributed by atoms with E-state index < -0.39 is 0 Å². The number of rotatable bonds is 3. The molecule has 0 amide bonds. The molecule has 1 aliphatic rings. The van der Waals surface area contributed by atoms with E-state index >= 15 is 0 Å². The number of alkyl halides is 1. The Morgan fingerprint density at radius 2 is 2.00 bits per heavy atom. The van der Waals surface area contributed by atoms with Crippen LogP contribution >= 0.6 is 11.6 Å². The summed E-state index contributed by atoms with van der Waals surface area (Å²) in [6.45, 7) is 4.32. The summed E-state index contributed by atoms with van der Waals surface area (Å²) in [4.78, 5) is 2.31. The molecule has 0 spiro atoms. The molecule has 0 saturated carbocycles. The normalized spacial score (nSPS) is 20.4. The largest absolute Gasteiger partial charge is 0.295 e. The lowest BCUT2D eigenvalue weighted by Crippen LogP contribution is -2.37. The third-order valence-corrected chi connectivity index (χ3v) is 3.96. The molecule has 94 valence electrons. The molecule has 17 heavy (non-hydrogen) atoms. The van der Waals surface area contributed by atoms with Gasteiger partial charge >= 0.3 is 0 Å². The molecule has 1 fully saturated rings. The summed E-state index contributed by atoms with van der Waals surface area (Å²) in [5.41, 5.74) is 0.733. The van der Waals surface area contributed by atoms with Gasteiger partial charge in [0, 0.05) is 11.4 Å². The highest BCUT2D eigenvalue weighted by atomic mass is 35.5. The minimum Gasteiger partial charge on any atom is -0.295 e. The maximum atomic E-state index is 13.8. The smallest absolute Gasteiger partial charge is 0.128 e. The van der Waals surface area contributed by atoms with Crippen molar-refractivity contribution in [2.45, 2.75) is 25.8 Å². The van der Waals surface area contributed by atoms with Gasteiger partial charge in [-0.1, -0.05) is 25.1 Å². The van der Waals surface area contributed by atoms with Crippen molar-refractivity contribution in [3.63, 3.8) is 0 Å². The minimum absolute atomic E-state index is 0.0189. The number of nitrogens with zero attached hydrogens (tertiary/aromatic N) is 1. The molecule has 1 aromatic rings. The molecule has 1 heterocycles. The van der Waals surface area contributed by atoms with Crippen LogP contribution in [0.2, 0.25) is 0 Å². The number of likely N-dealkylation sites (tertiary alicyclic amines) is 1. The first-order valence-electron chi connectivity index (χ1n) is 6.27. The standard InChI is InChI=1S/C14H19ClFN/c1-11-6-8-17(9-7-11)14(10-15)12-4-2-3-5-13(12)16/h2-5,11,14H,6-10H2,1H3. The van der Waals surface area contributed by atoms with Crippen LogP contribution in [0.1, 0.15) is 31.4 Å². The van der Waals surface area contributed by atoms with Crippen LogP contribution in [0.5, 0.6) is 0 Å². The Morgan fingerprint density at radius 1 is 1.35 bits per heavy atom. The van der Waals surface area contributed by atoms with Gasteiger partial charge in [-0.05, 0) is 37.9 Å². The van der Waals surface area contributed by atoms with E-state index in [1.807, 2.05) is 12.1 Å². The molecular weight excluding hydrogens is 237 g/mol. The minimum atomic E-state index is -0.142. The zero-order valence-electron chi connectivity index (χ0n) is 10.2. The van der Waals surface area contributed by atoms with Crippen molar-refractivity contribution in [1.82, 2.24) is 4.90 Å². The molecule has 0 N–H and O–H groups in total. The van der Waals surface area contributed by atoms with Crippen LogP contribution in [0.15, 0.2) is 24.3 Å². The fourth-order valence-corrected chi connectivity index (χ4v) is 2.82. The number of piperidine rings is 1. The molecular formula is C14H19ClFN. The average molecular weight is 256 g/mol. The van der Waals surface area contributed by atoms with Crippen molar-refractivity contribution < 1.29 is 4.39 Å². The van der Waals surface area contributed by atoms with Gasteiger partial charge in [0.25, 0.3) is 0 Å². The maximum absolute atomic E-state index is 13.8. The first kappa shape index (κ1) is 12.8. The fourth-order valence-electron chi connectivity index (χ4n) is 2.46. The number of halogens is 2. The second-order valence-corrected chi connectivity index (χ2v) is 5.22. The Kier molecular flexibility index (Phi) is 4.41. The Hall–Kier alpha value is -0.600. The van der Waals surface area contributed by atoms with Crippen LogP contribution < -0.4 is 0 Å². The van der Waals surface area contributed by atoms with Gasteiger partial charge in [-0.15, -0.1) is 11.6 Å². The van der Waals surface area contributed by atoms with Gasteiger partial charge < -0.3 is 0 Å². The van der Waals surface area contributed by atoms with Crippen LogP contribution in [0.25, 0.3) is 0 Å². The summed E-state index contributed by atoms with van der Waals surface area (Å²) >= 11 is 6.04. The number of hydrogen-bond donors (Lipinski definition) is 0. The lowest BCUT2D eigenvalue weighted by molar-refractivity contribution is 0.146. The van der Waals surface area contributed by atoms with E-state index in [0.717, 1.165) is 24.6 Å². The van der Waals surface area contributed by atoms with E-state index in [0.29, 0.717) is 5.88 Å². The zero-order chi connectivity index (χ0) is 12.3. The van der Waals surface area contributed by atoms with E-state index in [1.54, 1.807) is 6.07 Å². The Labute approximate surface area is 108 Å². The molecule has 1 saturated heterocycles. The summed E-state index contributed by atoms with van der Waals surface area (Å²) in [7, 11) is 0. The number of benzene rings is 1. The summed E-state index contributed by atoms with van der Waals surface area (Å²) < 4.78 is 13.8. The zero-order valence-corrected chi connectivity index (χ0v) is 11.0. The molecule has 3 heteroatoms. The molecule has 0 radical (unpaired) electrons. The summed E-state index contributed by atoms with van der Waals surface area (Å²) in [5, 5.41) is 0. The maximum Gasteiger partial charge on any atom is 0.128 e. The van der Waals surface area contributed by atoms with Crippen LogP contribution in [0.4, 0.5) is 4.39 Å². The highest BCUT2D eigenvalue weighted by Gasteiger charge is 2.25. The fraction of sp³-hybridized carbons (Fsp3) is 0.571. The van der Waals surface area contributed by atoms with E-state index in [2.05, 4.69) is 11.8 Å². The van der Waals surface area contributed by atoms with Gasteiger partial charge in [-0.3, -0.25) is 4.90 Å². The second-order valence-electron chi connectivity index (χ2n) is 4.91. The van der Waals surface area contributed by atoms with E-state index in [-0.39, 0.29) is 11.9 Å². The van der Waals surface area contributed by atoms with E-state index in [1.165, 1.54) is 18.9 Å². The van der Waals surface area contributed by atoms with E-state index in [9.17, 15) is 4.39 Å². The molecule has 1 unspecified atom stereocenters. The van der Waals surface area contributed by atoms with Crippen LogP contribution in [-0.4, -0.2) is 23.9 Å². The predicted molar refractivity (Wildman–Crippen MR) is 69.8 cm³/mol. The summed E-state index contributed by atoms with van der Waals surface area (Å²) in [6, 6.07) is 6.99. The third kappa shape index (κ3) is 2.99. The monoisotopic (exact) mass is 255 g/mol. The molecule has 2 rings (SSSR count). The SMILES string of the molecule is CC1CCN(C(CCl)c2ccccc2F)CC1. The van der Waals surface area contributed by atoms with Crippen molar-refractivity contribution in [2.75, 3.05) is 19.0 Å². The molecule has 1 aliphatic heterocycles. The van der Waals surface area contributed by atoms with Gasteiger partial charge in [-0.25, -0.2) is 4.39 Å². The lowest BCUT2D eigenvalue weighted by atomic mass is 9.96. The molecule has 1 nitrogen and oxygen atoms in total. The highest BCUT2D eigenvalue weighted by Crippen LogP contribution is 2.29. The Morgan fingerprint density at radius 3 is 2.59 bits per heavy atom. The van der Waals surface area contributed by atoms with Crippen LogP contribution in [0.3, 0.4) is 0 Å². The van der Waals surface area contributed by atoms with Crippen LogP contribution in [0, 0.1) is 11.7 Å². The first-order chi connectivity index (χ1) is 8.22. The van der Waals surface area contributed by atoms with Crippen LogP contribution in [-0.2, 0) is 0 Å². The van der Waals surface area contributed by atoms with Gasteiger partial charge in [0.2, 0.25) is 0 Å². The number of hydrogen-bond acceptors (Lipinski definition) is 1. The van der Waals surface area contributed by atoms with Crippen molar-refractivity contribution in [3.8, 4) is 0 Å².